The summed E-state index contributed by atoms with van der Waals surface area (Å²) >= 11 is 0. The van der Waals surface area contributed by atoms with Crippen LogP contribution in [0.5, 0.6) is 0 Å². The van der Waals surface area contributed by atoms with E-state index in [0.717, 1.165) is 32.1 Å². The Morgan fingerprint density at radius 1 is 1.14 bits per heavy atom. The lowest BCUT2D eigenvalue weighted by atomic mass is 9.94. The molecule has 0 saturated heterocycles. The summed E-state index contributed by atoms with van der Waals surface area (Å²) < 4.78 is 5.75. The predicted octanol–water partition coefficient (Wildman–Crippen LogP) is 3.35. The molecule has 0 aromatic carbocycles. The van der Waals surface area contributed by atoms with Crippen molar-refractivity contribution < 1.29 is 14.6 Å². The third-order valence-corrected chi connectivity index (χ3v) is 4.67. The molecule has 0 bridgehead atoms. The lowest BCUT2D eigenvalue weighted by Gasteiger charge is -2.30. The summed E-state index contributed by atoms with van der Waals surface area (Å²) in [6, 6.07) is 0.402. The van der Waals surface area contributed by atoms with Gasteiger partial charge in [0, 0.05) is 12.6 Å². The van der Waals surface area contributed by atoms with Crippen molar-refractivity contribution in [3.8, 4) is 0 Å². The molecular weight excluding hydrogens is 266 g/mol. The second kappa shape index (κ2) is 8.14. The van der Waals surface area contributed by atoms with E-state index < -0.39 is 11.5 Å². The van der Waals surface area contributed by atoms with E-state index in [1.165, 1.54) is 32.1 Å². The minimum Gasteiger partial charge on any atom is -0.480 e. The number of aliphatic carboxylic acids is 1. The molecule has 2 rings (SSSR count). The zero-order valence-electron chi connectivity index (χ0n) is 13.4. The Morgan fingerprint density at radius 3 is 2.38 bits per heavy atom. The van der Waals surface area contributed by atoms with Crippen molar-refractivity contribution in [2.24, 2.45) is 5.92 Å². The van der Waals surface area contributed by atoms with Gasteiger partial charge in [0.25, 0.3) is 0 Å². The number of rotatable bonds is 13. The van der Waals surface area contributed by atoms with Crippen molar-refractivity contribution in [2.75, 3.05) is 13.2 Å². The fourth-order valence-corrected chi connectivity index (χ4v) is 2.96. The highest BCUT2D eigenvalue weighted by molar-refractivity contribution is 5.80. The van der Waals surface area contributed by atoms with E-state index in [2.05, 4.69) is 12.2 Å². The highest BCUT2D eigenvalue weighted by atomic mass is 16.5. The Bertz CT molecular complexity index is 326. The topological polar surface area (TPSA) is 58.6 Å². The van der Waals surface area contributed by atoms with Crippen molar-refractivity contribution in [2.45, 2.75) is 82.7 Å². The van der Waals surface area contributed by atoms with E-state index in [0.29, 0.717) is 19.3 Å². The molecule has 0 spiro atoms. The molecule has 0 aromatic heterocycles. The molecule has 2 saturated carbocycles. The number of carbonyl (C=O) groups is 1. The van der Waals surface area contributed by atoms with E-state index in [-0.39, 0.29) is 5.92 Å². The maximum Gasteiger partial charge on any atom is 0.326 e. The van der Waals surface area contributed by atoms with Crippen LogP contribution in [0.15, 0.2) is 0 Å². The van der Waals surface area contributed by atoms with Gasteiger partial charge in [-0.2, -0.15) is 0 Å². The summed E-state index contributed by atoms with van der Waals surface area (Å²) in [6.07, 6.45) is 11.7. The van der Waals surface area contributed by atoms with Crippen LogP contribution in [0.2, 0.25) is 0 Å². The fourth-order valence-electron chi connectivity index (χ4n) is 2.96. The van der Waals surface area contributed by atoms with Gasteiger partial charge in [-0.15, -0.1) is 0 Å². The van der Waals surface area contributed by atoms with Crippen molar-refractivity contribution in [3.63, 3.8) is 0 Å². The first-order valence-electron chi connectivity index (χ1n) is 8.78. The first-order valence-corrected chi connectivity index (χ1v) is 8.78. The van der Waals surface area contributed by atoms with Crippen LogP contribution in [0.3, 0.4) is 0 Å². The first-order chi connectivity index (χ1) is 10.2. The van der Waals surface area contributed by atoms with Crippen molar-refractivity contribution >= 4 is 5.97 Å². The van der Waals surface area contributed by atoms with Crippen molar-refractivity contribution in [1.29, 1.82) is 0 Å². The molecule has 1 atom stereocenters. The Kier molecular flexibility index (Phi) is 6.49. The minimum absolute atomic E-state index is 0.264. The molecule has 0 aliphatic heterocycles. The molecule has 1 unspecified atom stereocenters. The van der Waals surface area contributed by atoms with E-state index in [4.69, 9.17) is 4.74 Å². The van der Waals surface area contributed by atoms with Crippen LogP contribution in [0.1, 0.15) is 71.1 Å². The van der Waals surface area contributed by atoms with Crippen LogP contribution in [0.4, 0.5) is 0 Å². The minimum atomic E-state index is -0.816. The van der Waals surface area contributed by atoms with E-state index in [1.54, 1.807) is 0 Å². The number of unbranched alkanes of at least 4 members (excludes halogenated alkanes) is 5. The molecule has 21 heavy (non-hydrogen) atoms. The Morgan fingerprint density at radius 2 is 1.81 bits per heavy atom. The Labute approximate surface area is 128 Å². The average Bonchev–Trinajstić information content (AvgIpc) is 3.33. The third-order valence-electron chi connectivity index (χ3n) is 4.67. The highest BCUT2D eigenvalue weighted by Gasteiger charge is 2.53. The second-order valence-corrected chi connectivity index (χ2v) is 6.79. The molecule has 4 heteroatoms. The number of nitrogens with one attached hydrogen (secondary N) is 1. The van der Waals surface area contributed by atoms with Gasteiger partial charge in [-0.3, -0.25) is 10.1 Å². The summed E-state index contributed by atoms with van der Waals surface area (Å²) in [5.74, 6) is -0.458. The van der Waals surface area contributed by atoms with Crippen LogP contribution in [0.25, 0.3) is 0 Å². The normalized spacial score (nSPS) is 21.2. The van der Waals surface area contributed by atoms with E-state index >= 15 is 0 Å². The second-order valence-electron chi connectivity index (χ2n) is 6.79. The zero-order chi connectivity index (χ0) is 15.1. The van der Waals surface area contributed by atoms with Crippen LogP contribution in [0, 0.1) is 5.92 Å². The highest BCUT2D eigenvalue weighted by Crippen LogP contribution is 2.42. The van der Waals surface area contributed by atoms with Gasteiger partial charge in [-0.1, -0.05) is 39.0 Å². The third kappa shape index (κ3) is 5.26. The zero-order valence-corrected chi connectivity index (χ0v) is 13.4. The molecule has 2 aliphatic rings. The monoisotopic (exact) mass is 297 g/mol. The number of carboxylic acids is 1. The Balaban J connectivity index is 1.66. The molecule has 0 radical (unpaired) electrons. The molecular formula is C17H31NO3. The summed E-state index contributed by atoms with van der Waals surface area (Å²) in [5, 5.41) is 13.0. The lowest BCUT2D eigenvalue weighted by Crippen LogP contribution is -2.58. The molecule has 0 aromatic rings. The van der Waals surface area contributed by atoms with Crippen LogP contribution in [-0.2, 0) is 9.53 Å². The van der Waals surface area contributed by atoms with Crippen LogP contribution < -0.4 is 5.32 Å². The largest absolute Gasteiger partial charge is 0.480 e. The van der Waals surface area contributed by atoms with E-state index in [1.807, 2.05) is 0 Å². The van der Waals surface area contributed by atoms with Gasteiger partial charge in [0.15, 0.2) is 0 Å². The molecule has 2 aliphatic carbocycles. The number of hydrogen-bond acceptors (Lipinski definition) is 3. The van der Waals surface area contributed by atoms with Gasteiger partial charge in [-0.25, -0.2) is 0 Å². The van der Waals surface area contributed by atoms with Gasteiger partial charge in [-0.05, 0) is 38.0 Å². The predicted molar refractivity (Wildman–Crippen MR) is 83.4 cm³/mol. The van der Waals surface area contributed by atoms with Gasteiger partial charge < -0.3 is 9.84 Å². The van der Waals surface area contributed by atoms with Gasteiger partial charge in [0.05, 0.1) is 6.61 Å². The van der Waals surface area contributed by atoms with Crippen LogP contribution in [-0.4, -0.2) is 35.9 Å². The maximum atomic E-state index is 11.8. The summed E-state index contributed by atoms with van der Waals surface area (Å²) in [6.45, 7) is 3.25. The number of hydrogen-bond donors (Lipinski definition) is 2. The standard InChI is InChI=1S/C17H31NO3/c1-2-3-4-5-6-7-12-21-13-17(16(19)20,14-8-9-14)18-15-10-11-15/h14-15,18H,2-13H2,1H3,(H,19,20). The SMILES string of the molecule is CCCCCCCCOCC(NC1CC1)(C(=O)O)C1CC1. The van der Waals surface area contributed by atoms with E-state index in [9.17, 15) is 9.90 Å². The summed E-state index contributed by atoms with van der Waals surface area (Å²) in [4.78, 5) is 11.8. The van der Waals surface area contributed by atoms with Crippen molar-refractivity contribution in [3.05, 3.63) is 0 Å². The fraction of sp³-hybridized carbons (Fsp3) is 0.941. The summed E-state index contributed by atoms with van der Waals surface area (Å²) in [5.41, 5.74) is -0.816. The summed E-state index contributed by atoms with van der Waals surface area (Å²) in [7, 11) is 0. The van der Waals surface area contributed by atoms with Crippen molar-refractivity contribution in [1.82, 2.24) is 5.32 Å². The smallest absolute Gasteiger partial charge is 0.326 e. The molecule has 2 fully saturated rings. The molecule has 122 valence electrons. The molecule has 0 heterocycles. The van der Waals surface area contributed by atoms with Gasteiger partial charge >= 0.3 is 5.97 Å². The number of ether oxygens (including phenoxy) is 1. The molecule has 4 nitrogen and oxygen atoms in total. The van der Waals surface area contributed by atoms with Gasteiger partial charge in [0.2, 0.25) is 0 Å². The molecule has 2 N–H and O–H groups in total. The quantitative estimate of drug-likeness (QED) is 0.512. The Hall–Kier alpha value is -0.610. The van der Waals surface area contributed by atoms with Gasteiger partial charge in [0.1, 0.15) is 5.54 Å². The average molecular weight is 297 g/mol. The van der Waals surface area contributed by atoms with Crippen LogP contribution >= 0.6 is 0 Å². The first kappa shape index (κ1) is 16.8. The molecule has 0 amide bonds. The maximum absolute atomic E-state index is 11.8. The lowest BCUT2D eigenvalue weighted by molar-refractivity contribution is -0.149. The number of carboxylic acid groups (broad SMARTS) is 1.